The molecule has 3 heterocycles. The Balaban J connectivity index is 1.56. The number of carbonyl (C=O) groups excluding carboxylic acids is 1. The minimum atomic E-state index is -0.0183. The molecule has 1 aromatic heterocycles. The number of halogens is 1. The predicted octanol–water partition coefficient (Wildman–Crippen LogP) is 3.29. The summed E-state index contributed by atoms with van der Waals surface area (Å²) in [7, 11) is 0. The Morgan fingerprint density at radius 2 is 2.08 bits per heavy atom. The first kappa shape index (κ1) is 17.3. The topological polar surface area (TPSA) is 68.5 Å². The zero-order chi connectivity index (χ0) is 18.1. The first-order valence-corrected chi connectivity index (χ1v) is 9.48. The maximum Gasteiger partial charge on any atom is 0.255 e. The lowest BCUT2D eigenvalue weighted by molar-refractivity contribution is 0.0724. The van der Waals surface area contributed by atoms with Crippen molar-refractivity contribution in [1.82, 2.24) is 9.88 Å². The number of rotatable bonds is 3. The Labute approximate surface area is 158 Å². The maximum atomic E-state index is 12.6. The molecule has 0 aliphatic carbocycles. The van der Waals surface area contributed by atoms with Crippen LogP contribution in [-0.2, 0) is 6.42 Å². The van der Waals surface area contributed by atoms with E-state index in [9.17, 15) is 4.79 Å². The van der Waals surface area contributed by atoms with Crippen molar-refractivity contribution in [1.29, 1.82) is 0 Å². The minimum Gasteiger partial charge on any atom is -0.487 e. The molecule has 2 aliphatic heterocycles. The molecule has 1 aromatic carbocycles. The Hall–Kier alpha value is -2.11. The van der Waals surface area contributed by atoms with Gasteiger partial charge in [0.15, 0.2) is 0 Å². The molecule has 2 aliphatic rings. The molecule has 136 valence electrons. The van der Waals surface area contributed by atoms with Crippen LogP contribution in [0.5, 0.6) is 5.75 Å². The molecule has 1 saturated heterocycles. The smallest absolute Gasteiger partial charge is 0.255 e. The quantitative estimate of drug-likeness (QED) is 0.898. The number of piperidine rings is 1. The third-order valence-electron chi connectivity index (χ3n) is 5.06. The van der Waals surface area contributed by atoms with Gasteiger partial charge in [-0.05, 0) is 43.5 Å². The molecule has 5 nitrogen and oxygen atoms in total. The Kier molecular flexibility index (Phi) is 4.83. The van der Waals surface area contributed by atoms with Crippen molar-refractivity contribution in [3.05, 3.63) is 46.6 Å². The molecule has 0 bridgehead atoms. The van der Waals surface area contributed by atoms with Gasteiger partial charge < -0.3 is 15.4 Å². The van der Waals surface area contributed by atoms with Crippen LogP contribution in [0.2, 0.25) is 5.02 Å². The Morgan fingerprint density at radius 3 is 2.77 bits per heavy atom. The fourth-order valence-electron chi connectivity index (χ4n) is 3.64. The van der Waals surface area contributed by atoms with Crippen LogP contribution < -0.4 is 10.5 Å². The largest absolute Gasteiger partial charge is 0.487 e. The minimum absolute atomic E-state index is 0.0183. The summed E-state index contributed by atoms with van der Waals surface area (Å²) in [6.45, 7) is 2.14. The van der Waals surface area contributed by atoms with Crippen LogP contribution in [0, 0.1) is 0 Å². The van der Waals surface area contributed by atoms with Gasteiger partial charge in [-0.3, -0.25) is 9.78 Å². The summed E-state index contributed by atoms with van der Waals surface area (Å²) in [6.07, 6.45) is 5.76. The standard InChI is InChI=1S/C20H22ClN3O2/c21-17-10-14(8-15-9-16(11-22)26-19(15)17)18-5-4-13(12-23-18)20(25)24-6-2-1-3-7-24/h4-5,8,10,12,16H,1-3,6-7,9,11,22H2. The molecule has 1 amide bonds. The number of aromatic nitrogens is 1. The second-order valence-corrected chi connectivity index (χ2v) is 7.32. The number of ether oxygens (including phenoxy) is 1. The lowest BCUT2D eigenvalue weighted by Gasteiger charge is -2.26. The van der Waals surface area contributed by atoms with E-state index in [2.05, 4.69) is 4.98 Å². The molecule has 0 radical (unpaired) electrons. The third kappa shape index (κ3) is 3.29. The number of likely N-dealkylation sites (tertiary alicyclic amines) is 1. The van der Waals surface area contributed by atoms with E-state index in [-0.39, 0.29) is 12.0 Å². The average Bonchev–Trinajstić information content (AvgIpc) is 3.12. The number of fused-ring (bicyclic) bond motifs is 1. The number of amides is 1. The number of hydrogen-bond donors (Lipinski definition) is 1. The molecule has 1 unspecified atom stereocenters. The van der Waals surface area contributed by atoms with Gasteiger partial charge in [0.25, 0.3) is 5.91 Å². The normalized spacial score (nSPS) is 19.2. The van der Waals surface area contributed by atoms with Gasteiger partial charge in [-0.25, -0.2) is 0 Å². The van der Waals surface area contributed by atoms with Gasteiger partial charge in [0.1, 0.15) is 11.9 Å². The summed E-state index contributed by atoms with van der Waals surface area (Å²) in [4.78, 5) is 19.0. The number of pyridine rings is 1. The van der Waals surface area contributed by atoms with Gasteiger partial charge in [0.05, 0.1) is 16.3 Å². The average molecular weight is 372 g/mol. The van der Waals surface area contributed by atoms with Gasteiger partial charge >= 0.3 is 0 Å². The number of carbonyl (C=O) groups is 1. The summed E-state index contributed by atoms with van der Waals surface area (Å²) in [5.41, 5.74) is 9.11. The van der Waals surface area contributed by atoms with E-state index in [1.54, 1.807) is 6.20 Å². The number of benzene rings is 1. The molecule has 2 aromatic rings. The molecule has 4 rings (SSSR count). The van der Waals surface area contributed by atoms with Crippen molar-refractivity contribution in [2.45, 2.75) is 31.8 Å². The van der Waals surface area contributed by atoms with E-state index < -0.39 is 0 Å². The van der Waals surface area contributed by atoms with E-state index in [1.807, 2.05) is 29.2 Å². The molecule has 1 atom stereocenters. The van der Waals surface area contributed by atoms with E-state index in [4.69, 9.17) is 22.1 Å². The fourth-order valence-corrected chi connectivity index (χ4v) is 3.92. The van der Waals surface area contributed by atoms with Crippen LogP contribution in [0.1, 0.15) is 35.2 Å². The van der Waals surface area contributed by atoms with E-state index in [0.717, 1.165) is 54.9 Å². The van der Waals surface area contributed by atoms with Gasteiger partial charge in [0.2, 0.25) is 0 Å². The summed E-state index contributed by atoms with van der Waals surface area (Å²) >= 11 is 6.38. The second-order valence-electron chi connectivity index (χ2n) is 6.91. The first-order chi connectivity index (χ1) is 12.7. The molecule has 0 saturated carbocycles. The van der Waals surface area contributed by atoms with Crippen molar-refractivity contribution in [3.63, 3.8) is 0 Å². The van der Waals surface area contributed by atoms with Crippen molar-refractivity contribution in [3.8, 4) is 17.0 Å². The van der Waals surface area contributed by atoms with Crippen molar-refractivity contribution < 1.29 is 9.53 Å². The SMILES string of the molecule is NCC1Cc2cc(-c3ccc(C(=O)N4CCCCC4)cn3)cc(Cl)c2O1. The third-order valence-corrected chi connectivity index (χ3v) is 5.35. The lowest BCUT2D eigenvalue weighted by Crippen LogP contribution is -2.35. The Morgan fingerprint density at radius 1 is 1.27 bits per heavy atom. The van der Waals surface area contributed by atoms with Crippen molar-refractivity contribution >= 4 is 17.5 Å². The number of nitrogens with two attached hydrogens (primary N) is 1. The fraction of sp³-hybridized carbons (Fsp3) is 0.400. The highest BCUT2D eigenvalue weighted by molar-refractivity contribution is 6.32. The van der Waals surface area contributed by atoms with Crippen LogP contribution in [0.3, 0.4) is 0 Å². The second kappa shape index (κ2) is 7.25. The highest BCUT2D eigenvalue weighted by atomic mass is 35.5. The maximum absolute atomic E-state index is 12.6. The molecule has 2 N–H and O–H groups in total. The van der Waals surface area contributed by atoms with Crippen LogP contribution in [0.4, 0.5) is 0 Å². The summed E-state index contributed by atoms with van der Waals surface area (Å²) in [6, 6.07) is 7.63. The molecule has 1 fully saturated rings. The highest BCUT2D eigenvalue weighted by Crippen LogP contribution is 2.39. The molecular weight excluding hydrogens is 350 g/mol. The summed E-state index contributed by atoms with van der Waals surface area (Å²) < 4.78 is 5.77. The monoisotopic (exact) mass is 371 g/mol. The van der Waals surface area contributed by atoms with Crippen LogP contribution >= 0.6 is 11.6 Å². The zero-order valence-corrected chi connectivity index (χ0v) is 15.3. The van der Waals surface area contributed by atoms with Crippen LogP contribution in [0.25, 0.3) is 11.3 Å². The van der Waals surface area contributed by atoms with E-state index in [0.29, 0.717) is 17.1 Å². The van der Waals surface area contributed by atoms with Gasteiger partial charge in [-0.2, -0.15) is 0 Å². The molecule has 0 spiro atoms. The highest BCUT2D eigenvalue weighted by Gasteiger charge is 2.25. The Bertz CT molecular complexity index is 817. The van der Waals surface area contributed by atoms with Crippen LogP contribution in [0.15, 0.2) is 30.5 Å². The zero-order valence-electron chi connectivity index (χ0n) is 14.6. The van der Waals surface area contributed by atoms with E-state index in [1.165, 1.54) is 6.42 Å². The summed E-state index contributed by atoms with van der Waals surface area (Å²) in [5, 5.41) is 0.573. The van der Waals surface area contributed by atoms with Gasteiger partial charge in [-0.15, -0.1) is 0 Å². The van der Waals surface area contributed by atoms with Crippen LogP contribution in [-0.4, -0.2) is 41.5 Å². The number of nitrogens with zero attached hydrogens (tertiary/aromatic N) is 2. The first-order valence-electron chi connectivity index (χ1n) is 9.10. The van der Waals surface area contributed by atoms with Crippen molar-refractivity contribution in [2.24, 2.45) is 5.73 Å². The summed E-state index contributed by atoms with van der Waals surface area (Å²) in [5.74, 6) is 0.790. The van der Waals surface area contributed by atoms with Gasteiger partial charge in [-0.1, -0.05) is 11.6 Å². The van der Waals surface area contributed by atoms with E-state index >= 15 is 0 Å². The lowest BCUT2D eigenvalue weighted by atomic mass is 10.0. The van der Waals surface area contributed by atoms with Crippen molar-refractivity contribution in [2.75, 3.05) is 19.6 Å². The number of hydrogen-bond acceptors (Lipinski definition) is 4. The molecular formula is C20H22ClN3O2. The molecule has 26 heavy (non-hydrogen) atoms. The van der Waals surface area contributed by atoms with Gasteiger partial charge in [0, 0.05) is 43.4 Å². The molecule has 6 heteroatoms. The predicted molar refractivity (Wildman–Crippen MR) is 102 cm³/mol.